The van der Waals surface area contributed by atoms with E-state index >= 15 is 0 Å². The molecule has 0 spiro atoms. The van der Waals surface area contributed by atoms with Gasteiger partial charge in [0.2, 0.25) is 0 Å². The van der Waals surface area contributed by atoms with Gasteiger partial charge in [-0.05, 0) is 103 Å². The van der Waals surface area contributed by atoms with Gasteiger partial charge in [-0.3, -0.25) is 0 Å². The Morgan fingerprint density at radius 3 is 1.54 bits per heavy atom. The average molecular weight is 477 g/mol. The lowest BCUT2D eigenvalue weighted by atomic mass is 9.76. The lowest BCUT2D eigenvalue weighted by Gasteiger charge is -2.29. The number of hydrogen-bond acceptors (Lipinski definition) is 2. The first-order valence-corrected chi connectivity index (χ1v) is 14.7. The van der Waals surface area contributed by atoms with Crippen LogP contribution in [0.15, 0.2) is 24.3 Å². The molecule has 35 heavy (non-hydrogen) atoms. The van der Waals surface area contributed by atoms with Gasteiger partial charge < -0.3 is 10.2 Å². The maximum atomic E-state index is 10.9. The fraction of sp³-hybridized carbons (Fsp3) is 0.636. The third-order valence-corrected chi connectivity index (χ3v) is 9.02. The summed E-state index contributed by atoms with van der Waals surface area (Å²) < 4.78 is 0. The Morgan fingerprint density at radius 1 is 0.657 bits per heavy atom. The average Bonchev–Trinajstić information content (AvgIpc) is 2.86. The molecule has 2 saturated carbocycles. The second kappa shape index (κ2) is 12.3. The van der Waals surface area contributed by atoms with E-state index < -0.39 is 0 Å². The summed E-state index contributed by atoms with van der Waals surface area (Å²) in [6.45, 7) is 6.63. The van der Waals surface area contributed by atoms with Gasteiger partial charge in [-0.15, -0.1) is 0 Å². The quantitative estimate of drug-likeness (QED) is 0.353. The fourth-order valence-electron chi connectivity index (χ4n) is 6.94. The van der Waals surface area contributed by atoms with E-state index in [2.05, 4.69) is 32.9 Å². The van der Waals surface area contributed by atoms with Crippen molar-refractivity contribution < 1.29 is 10.2 Å². The zero-order chi connectivity index (χ0) is 24.8. The first kappa shape index (κ1) is 26.1. The molecule has 0 radical (unpaired) electrons. The van der Waals surface area contributed by atoms with Gasteiger partial charge in [0.1, 0.15) is 11.5 Å². The van der Waals surface area contributed by atoms with Crippen LogP contribution in [0.25, 0.3) is 0 Å². The Bertz CT molecular complexity index is 890. The van der Waals surface area contributed by atoms with E-state index in [-0.39, 0.29) is 0 Å². The van der Waals surface area contributed by atoms with Gasteiger partial charge >= 0.3 is 0 Å². The molecule has 2 fully saturated rings. The predicted octanol–water partition coefficient (Wildman–Crippen LogP) is 9.91. The SMILES string of the molecule is CCCCCCC(c1cc(C2CCCCC2)c(O)cc1C)c1cc(C2CCCCC2)c(O)cc1C. The molecule has 2 aromatic carbocycles. The largest absolute Gasteiger partial charge is 0.508 e. The van der Waals surface area contributed by atoms with E-state index in [1.54, 1.807) is 0 Å². The van der Waals surface area contributed by atoms with E-state index in [4.69, 9.17) is 0 Å². The van der Waals surface area contributed by atoms with Crippen LogP contribution >= 0.6 is 0 Å². The highest BCUT2D eigenvalue weighted by Gasteiger charge is 2.26. The van der Waals surface area contributed by atoms with Crippen LogP contribution in [0.1, 0.15) is 154 Å². The van der Waals surface area contributed by atoms with E-state index in [1.165, 1.54) is 123 Å². The van der Waals surface area contributed by atoms with Crippen molar-refractivity contribution in [2.24, 2.45) is 0 Å². The molecule has 0 heterocycles. The Balaban J connectivity index is 1.75. The van der Waals surface area contributed by atoms with Crippen LogP contribution in [0.3, 0.4) is 0 Å². The molecule has 0 saturated heterocycles. The molecular weight excluding hydrogens is 428 g/mol. The zero-order valence-electron chi connectivity index (χ0n) is 22.5. The summed E-state index contributed by atoms with van der Waals surface area (Å²) in [5.74, 6) is 2.28. The highest BCUT2D eigenvalue weighted by Crippen LogP contribution is 2.45. The molecule has 192 valence electrons. The Hall–Kier alpha value is -1.96. The molecule has 2 N–H and O–H groups in total. The predicted molar refractivity (Wildman–Crippen MR) is 148 cm³/mol. The molecule has 2 nitrogen and oxygen atoms in total. The van der Waals surface area contributed by atoms with Crippen LogP contribution in [-0.4, -0.2) is 10.2 Å². The first-order valence-electron chi connectivity index (χ1n) is 14.7. The first-order chi connectivity index (χ1) is 17.0. The number of unbranched alkanes of at least 4 members (excludes halogenated alkanes) is 3. The van der Waals surface area contributed by atoms with Crippen molar-refractivity contribution in [3.63, 3.8) is 0 Å². The van der Waals surface area contributed by atoms with Crippen molar-refractivity contribution in [2.75, 3.05) is 0 Å². The van der Waals surface area contributed by atoms with E-state index in [0.717, 1.165) is 6.42 Å². The fourth-order valence-corrected chi connectivity index (χ4v) is 6.94. The van der Waals surface area contributed by atoms with Crippen molar-refractivity contribution in [1.29, 1.82) is 0 Å². The molecule has 4 rings (SSSR count). The smallest absolute Gasteiger partial charge is 0.119 e. The maximum Gasteiger partial charge on any atom is 0.119 e. The second-order valence-electron chi connectivity index (χ2n) is 11.6. The van der Waals surface area contributed by atoms with Crippen LogP contribution in [0.2, 0.25) is 0 Å². The summed E-state index contributed by atoms with van der Waals surface area (Å²) in [6, 6.07) is 8.82. The summed E-state index contributed by atoms with van der Waals surface area (Å²) >= 11 is 0. The number of benzene rings is 2. The van der Waals surface area contributed by atoms with Gasteiger partial charge in [-0.1, -0.05) is 83.3 Å². The summed E-state index contributed by atoms with van der Waals surface area (Å²) in [5, 5.41) is 21.9. The number of rotatable bonds is 9. The molecule has 2 aromatic rings. The van der Waals surface area contributed by atoms with E-state index in [1.807, 2.05) is 12.1 Å². The highest BCUT2D eigenvalue weighted by molar-refractivity contribution is 5.51. The van der Waals surface area contributed by atoms with Gasteiger partial charge in [-0.2, -0.15) is 0 Å². The summed E-state index contributed by atoms with van der Waals surface area (Å²) in [7, 11) is 0. The van der Waals surface area contributed by atoms with Crippen LogP contribution < -0.4 is 0 Å². The molecule has 2 aliphatic rings. The minimum absolute atomic E-state index is 0.317. The summed E-state index contributed by atoms with van der Waals surface area (Å²) in [4.78, 5) is 0. The standard InChI is InChI=1S/C33H48O2/c1-4-5-6-13-18-27(28-21-30(32(34)19-23(28)2)25-14-9-7-10-15-25)29-22-31(33(35)20-24(29)3)26-16-11-8-12-17-26/h19-22,25-27,34-35H,4-18H2,1-3H3. The lowest BCUT2D eigenvalue weighted by molar-refractivity contribution is 0.412. The van der Waals surface area contributed by atoms with Gasteiger partial charge in [-0.25, -0.2) is 0 Å². The topological polar surface area (TPSA) is 40.5 Å². The second-order valence-corrected chi connectivity index (χ2v) is 11.6. The third kappa shape index (κ3) is 6.25. The molecule has 0 unspecified atom stereocenters. The van der Waals surface area contributed by atoms with Gasteiger partial charge in [0, 0.05) is 5.92 Å². The normalized spacial score (nSPS) is 17.8. The monoisotopic (exact) mass is 476 g/mol. The van der Waals surface area contributed by atoms with Crippen LogP contribution in [0.5, 0.6) is 11.5 Å². The molecule has 0 aromatic heterocycles. The van der Waals surface area contributed by atoms with E-state index in [0.29, 0.717) is 29.3 Å². The van der Waals surface area contributed by atoms with Gasteiger partial charge in [0.05, 0.1) is 0 Å². The molecular formula is C33H48O2. The van der Waals surface area contributed by atoms with Crippen molar-refractivity contribution in [1.82, 2.24) is 0 Å². The molecule has 2 heteroatoms. The summed E-state index contributed by atoms with van der Waals surface area (Å²) in [6.07, 6.45) is 18.7. The van der Waals surface area contributed by atoms with Crippen molar-refractivity contribution in [2.45, 2.75) is 135 Å². The molecule has 2 aliphatic carbocycles. The molecule has 0 bridgehead atoms. The number of phenolic OH excluding ortho intramolecular Hbond substituents is 2. The Kier molecular flexibility index (Phi) is 9.20. The van der Waals surface area contributed by atoms with Crippen LogP contribution in [0, 0.1) is 13.8 Å². The number of aromatic hydroxyl groups is 2. The molecule has 0 amide bonds. The summed E-state index contributed by atoms with van der Waals surface area (Å²) in [5.41, 5.74) is 7.54. The van der Waals surface area contributed by atoms with Crippen molar-refractivity contribution in [3.8, 4) is 11.5 Å². The zero-order valence-corrected chi connectivity index (χ0v) is 22.5. The number of phenols is 2. The Morgan fingerprint density at radius 2 is 1.11 bits per heavy atom. The minimum Gasteiger partial charge on any atom is -0.508 e. The molecule has 0 aliphatic heterocycles. The minimum atomic E-state index is 0.317. The maximum absolute atomic E-state index is 10.9. The van der Waals surface area contributed by atoms with Gasteiger partial charge in [0.25, 0.3) is 0 Å². The highest BCUT2D eigenvalue weighted by atomic mass is 16.3. The van der Waals surface area contributed by atoms with Crippen LogP contribution in [-0.2, 0) is 0 Å². The Labute approximate surface area is 214 Å². The van der Waals surface area contributed by atoms with Crippen LogP contribution in [0.4, 0.5) is 0 Å². The number of hydrogen-bond donors (Lipinski definition) is 2. The third-order valence-electron chi connectivity index (χ3n) is 9.02. The number of aryl methyl sites for hydroxylation is 2. The van der Waals surface area contributed by atoms with Crippen molar-refractivity contribution in [3.05, 3.63) is 57.6 Å². The van der Waals surface area contributed by atoms with E-state index in [9.17, 15) is 10.2 Å². The van der Waals surface area contributed by atoms with Crippen molar-refractivity contribution >= 4 is 0 Å². The lowest BCUT2D eigenvalue weighted by Crippen LogP contribution is -2.11. The van der Waals surface area contributed by atoms with Gasteiger partial charge in [0.15, 0.2) is 0 Å². The molecule has 0 atom stereocenters.